The number of nitrogens with zero attached hydrogens (tertiary/aromatic N) is 2. The molecule has 3 heterocycles. The van der Waals surface area contributed by atoms with E-state index < -0.39 is 29.8 Å². The molecular weight excluding hydrogens is 601 g/mol. The van der Waals surface area contributed by atoms with E-state index in [2.05, 4.69) is 5.32 Å². The van der Waals surface area contributed by atoms with Gasteiger partial charge in [-0.25, -0.2) is 9.18 Å². The molecule has 226 valence electrons. The minimum atomic E-state index is -1.04. The molecule has 0 aliphatic carbocycles. The average molecular weight is 632 g/mol. The van der Waals surface area contributed by atoms with E-state index in [1.54, 1.807) is 40.1 Å². The molecule has 4 unspecified atom stereocenters. The number of benzene rings is 3. The van der Waals surface area contributed by atoms with Gasteiger partial charge in [0.05, 0.1) is 30.1 Å². The molecule has 2 fully saturated rings. The molecule has 1 N–H and O–H groups in total. The van der Waals surface area contributed by atoms with Crippen LogP contribution < -0.4 is 5.32 Å². The molecule has 7 nitrogen and oxygen atoms in total. The summed E-state index contributed by atoms with van der Waals surface area (Å²) in [7, 11) is 0. The average Bonchev–Trinajstić information content (AvgIpc) is 3.72. The molecule has 6 rings (SSSR count). The van der Waals surface area contributed by atoms with Gasteiger partial charge in [-0.1, -0.05) is 72.3 Å². The van der Waals surface area contributed by atoms with Gasteiger partial charge in [-0.15, -0.1) is 11.3 Å². The third kappa shape index (κ3) is 6.13. The molecule has 0 bridgehead atoms. The minimum Gasteiger partial charge on any atom is -0.378 e. The highest BCUT2D eigenvalue weighted by Crippen LogP contribution is 2.52. The van der Waals surface area contributed by atoms with Crippen molar-refractivity contribution in [3.63, 3.8) is 0 Å². The van der Waals surface area contributed by atoms with Crippen LogP contribution in [0.5, 0.6) is 0 Å². The second-order valence-electron chi connectivity index (χ2n) is 10.9. The van der Waals surface area contributed by atoms with Crippen LogP contribution in [0.1, 0.15) is 38.3 Å². The fourth-order valence-corrected chi connectivity index (χ4v) is 7.07. The SMILES string of the molecule is O=C(c1cccs1)C1C(c2ccc(Cl)cc2)C(C(=O)NCc2ccc(F)cc2)N(C(=O)N2CCOCC2)C1c1ccccc1. The number of nitrogens with one attached hydrogen (secondary N) is 1. The van der Waals surface area contributed by atoms with E-state index in [0.717, 1.165) is 11.1 Å². The summed E-state index contributed by atoms with van der Waals surface area (Å²) in [5, 5.41) is 5.36. The first kappa shape index (κ1) is 30.0. The Labute approximate surface area is 264 Å². The van der Waals surface area contributed by atoms with Gasteiger partial charge in [0, 0.05) is 30.6 Å². The standard InChI is InChI=1S/C34H31ClFN3O4S/c35-25-12-10-23(11-13-25)28-29(32(40)27-7-4-20-44-27)30(24-5-2-1-3-6-24)39(34(42)38-16-18-43-19-17-38)31(28)33(41)37-21-22-8-14-26(36)15-9-22/h1-15,20,28-31H,16-19,21H2,(H,37,41). The molecule has 10 heteroatoms. The maximum Gasteiger partial charge on any atom is 0.321 e. The number of urea groups is 1. The topological polar surface area (TPSA) is 79.0 Å². The van der Waals surface area contributed by atoms with Crippen molar-refractivity contribution in [2.45, 2.75) is 24.5 Å². The number of likely N-dealkylation sites (tertiary alicyclic amines) is 1. The van der Waals surface area contributed by atoms with Crippen molar-refractivity contribution in [2.75, 3.05) is 26.3 Å². The van der Waals surface area contributed by atoms with Crippen LogP contribution in [-0.4, -0.2) is 59.9 Å². The number of hydrogen-bond acceptors (Lipinski definition) is 5. The second kappa shape index (κ2) is 13.3. The van der Waals surface area contributed by atoms with Crippen molar-refractivity contribution in [1.29, 1.82) is 0 Å². The van der Waals surface area contributed by atoms with Crippen molar-refractivity contribution >= 4 is 40.7 Å². The lowest BCUT2D eigenvalue weighted by Crippen LogP contribution is -2.54. The van der Waals surface area contributed by atoms with Crippen LogP contribution in [0.4, 0.5) is 9.18 Å². The molecule has 0 saturated carbocycles. The van der Waals surface area contributed by atoms with E-state index in [9.17, 15) is 18.8 Å². The van der Waals surface area contributed by atoms with Gasteiger partial charge in [0.1, 0.15) is 11.9 Å². The van der Waals surface area contributed by atoms with Crippen molar-refractivity contribution in [1.82, 2.24) is 15.1 Å². The van der Waals surface area contributed by atoms with Crippen molar-refractivity contribution in [2.24, 2.45) is 5.92 Å². The highest BCUT2D eigenvalue weighted by atomic mass is 35.5. The van der Waals surface area contributed by atoms with Crippen molar-refractivity contribution in [3.05, 3.63) is 129 Å². The van der Waals surface area contributed by atoms with E-state index in [1.807, 2.05) is 53.9 Å². The third-order valence-electron chi connectivity index (χ3n) is 8.28. The normalized spacial score (nSPS) is 21.7. The lowest BCUT2D eigenvalue weighted by molar-refractivity contribution is -0.125. The van der Waals surface area contributed by atoms with Crippen LogP contribution in [0, 0.1) is 11.7 Å². The summed E-state index contributed by atoms with van der Waals surface area (Å²) in [6, 6.07) is 23.9. The zero-order valence-corrected chi connectivity index (χ0v) is 25.3. The highest BCUT2D eigenvalue weighted by molar-refractivity contribution is 7.12. The van der Waals surface area contributed by atoms with Gasteiger partial charge in [0.2, 0.25) is 5.91 Å². The molecule has 3 aromatic carbocycles. The largest absolute Gasteiger partial charge is 0.378 e. The number of Topliss-reactive ketones (excluding diaryl/α,β-unsaturated/α-hetero) is 1. The molecule has 4 atom stereocenters. The minimum absolute atomic E-state index is 0.127. The van der Waals surface area contributed by atoms with Gasteiger partial charge >= 0.3 is 6.03 Å². The summed E-state index contributed by atoms with van der Waals surface area (Å²) >= 11 is 7.62. The van der Waals surface area contributed by atoms with Crippen LogP contribution in [0.15, 0.2) is 96.4 Å². The fourth-order valence-electron chi connectivity index (χ4n) is 6.24. The van der Waals surface area contributed by atoms with Gasteiger partial charge in [-0.2, -0.15) is 0 Å². The second-order valence-corrected chi connectivity index (χ2v) is 12.3. The van der Waals surface area contributed by atoms with Gasteiger partial charge in [0.25, 0.3) is 0 Å². The highest BCUT2D eigenvalue weighted by Gasteiger charge is 2.58. The zero-order chi connectivity index (χ0) is 30.6. The molecule has 0 radical (unpaired) electrons. The number of amides is 3. The Bertz CT molecular complexity index is 1600. The first-order valence-electron chi connectivity index (χ1n) is 14.5. The van der Waals surface area contributed by atoms with Gasteiger partial charge in [-0.05, 0) is 52.4 Å². The van der Waals surface area contributed by atoms with Crippen LogP contribution in [0.2, 0.25) is 5.02 Å². The Kier molecular flexibility index (Phi) is 9.07. The smallest absolute Gasteiger partial charge is 0.321 e. The maximum absolute atomic E-state index is 14.5. The fraction of sp³-hybridized carbons (Fsp3) is 0.265. The van der Waals surface area contributed by atoms with Gasteiger partial charge in [-0.3, -0.25) is 9.59 Å². The number of hydrogen-bond donors (Lipinski definition) is 1. The van der Waals surface area contributed by atoms with Gasteiger partial charge < -0.3 is 19.9 Å². The Hall–Kier alpha value is -4.05. The van der Waals surface area contributed by atoms with Crippen LogP contribution in [0.25, 0.3) is 0 Å². The van der Waals surface area contributed by atoms with Crippen molar-refractivity contribution < 1.29 is 23.5 Å². The molecule has 0 spiro atoms. The quantitative estimate of drug-likeness (QED) is 0.242. The number of morpholine rings is 1. The molecule has 2 aliphatic heterocycles. The first-order valence-corrected chi connectivity index (χ1v) is 15.7. The molecule has 44 heavy (non-hydrogen) atoms. The number of carbonyl (C=O) groups is 3. The molecular formula is C34H31ClFN3O4S. The van der Waals surface area contributed by atoms with E-state index in [0.29, 0.717) is 41.8 Å². The molecule has 2 saturated heterocycles. The van der Waals surface area contributed by atoms with Gasteiger partial charge in [0.15, 0.2) is 5.78 Å². The summed E-state index contributed by atoms with van der Waals surface area (Å²) in [4.78, 5) is 47.3. The number of carbonyl (C=O) groups excluding carboxylic acids is 3. The lowest BCUT2D eigenvalue weighted by Gasteiger charge is -2.37. The number of ether oxygens (including phenoxy) is 1. The number of ketones is 1. The first-order chi connectivity index (χ1) is 21.4. The van der Waals surface area contributed by atoms with E-state index in [1.165, 1.54) is 23.5 Å². The number of thiophene rings is 1. The molecule has 3 amide bonds. The van der Waals surface area contributed by atoms with E-state index in [4.69, 9.17) is 16.3 Å². The molecule has 2 aliphatic rings. The number of halogens is 2. The predicted octanol–water partition coefficient (Wildman–Crippen LogP) is 6.32. The summed E-state index contributed by atoms with van der Waals surface area (Å²) in [5.74, 6) is -2.38. The van der Waals surface area contributed by atoms with Crippen LogP contribution in [-0.2, 0) is 16.1 Å². The molecule has 1 aromatic heterocycles. The third-order valence-corrected chi connectivity index (χ3v) is 9.42. The Balaban J connectivity index is 1.50. The zero-order valence-electron chi connectivity index (χ0n) is 23.8. The van der Waals surface area contributed by atoms with Crippen LogP contribution >= 0.6 is 22.9 Å². The Morgan fingerprint density at radius 2 is 1.59 bits per heavy atom. The van der Waals surface area contributed by atoms with Crippen LogP contribution in [0.3, 0.4) is 0 Å². The Morgan fingerprint density at radius 1 is 0.886 bits per heavy atom. The number of rotatable bonds is 7. The van der Waals surface area contributed by atoms with Crippen molar-refractivity contribution in [3.8, 4) is 0 Å². The van der Waals surface area contributed by atoms with E-state index in [-0.39, 0.29) is 24.2 Å². The lowest BCUT2D eigenvalue weighted by atomic mass is 9.77. The maximum atomic E-state index is 14.5. The summed E-state index contributed by atoms with van der Waals surface area (Å²) in [5.41, 5.74) is 2.19. The molecule has 4 aromatic rings. The predicted molar refractivity (Wildman–Crippen MR) is 167 cm³/mol. The summed E-state index contributed by atoms with van der Waals surface area (Å²) < 4.78 is 19.1. The van der Waals surface area contributed by atoms with E-state index >= 15 is 0 Å². The monoisotopic (exact) mass is 631 g/mol. The summed E-state index contributed by atoms with van der Waals surface area (Å²) in [6.07, 6.45) is 0. The Morgan fingerprint density at radius 3 is 2.25 bits per heavy atom. The summed E-state index contributed by atoms with van der Waals surface area (Å²) in [6.45, 7) is 1.64.